The Morgan fingerprint density at radius 2 is 1.36 bits per heavy atom. The topological polar surface area (TPSA) is 334 Å². The Morgan fingerprint density at radius 3 is 2.06 bits per heavy atom. The van der Waals surface area contributed by atoms with Crippen LogP contribution in [0.3, 0.4) is 0 Å². The van der Waals surface area contributed by atoms with Crippen LogP contribution in [0.25, 0.3) is 33.8 Å². The number of benzene rings is 3. The molecule has 0 spiro atoms. The van der Waals surface area contributed by atoms with Crippen molar-refractivity contribution in [3.05, 3.63) is 177 Å². The quantitative estimate of drug-likeness (QED) is 0.0279. The molecule has 9 N–H and O–H groups in total. The molecular weight excluding hydrogens is 1170 g/mol. The molecule has 6 heterocycles. The first kappa shape index (κ1) is 64.9. The number of hydrogen-bond acceptors (Lipinski definition) is 17. The number of aliphatic carboxylic acids is 2. The van der Waals surface area contributed by atoms with Crippen molar-refractivity contribution in [3.63, 3.8) is 0 Å². The summed E-state index contributed by atoms with van der Waals surface area (Å²) in [6, 6.07) is 32.4. The van der Waals surface area contributed by atoms with E-state index in [-0.39, 0.29) is 29.2 Å². The van der Waals surface area contributed by atoms with E-state index in [4.69, 9.17) is 32.2 Å². The fourth-order valence-corrected chi connectivity index (χ4v) is 9.90. The van der Waals surface area contributed by atoms with Crippen LogP contribution in [-0.2, 0) is 40.6 Å². The second-order valence-electron chi connectivity index (χ2n) is 20.6. The van der Waals surface area contributed by atoms with E-state index in [1.165, 1.54) is 0 Å². The van der Waals surface area contributed by atoms with Gasteiger partial charge in [0.2, 0.25) is 11.9 Å². The number of piperidine rings is 1. The van der Waals surface area contributed by atoms with Gasteiger partial charge < -0.3 is 42.5 Å². The fourth-order valence-electron chi connectivity index (χ4n) is 9.63. The van der Waals surface area contributed by atoms with Gasteiger partial charge in [0.15, 0.2) is 0 Å². The summed E-state index contributed by atoms with van der Waals surface area (Å²) < 4.78 is 33.4. The molecule has 0 saturated carbocycles. The first-order valence-electron chi connectivity index (χ1n) is 28.1. The predicted molar refractivity (Wildman–Crippen MR) is 325 cm³/mol. The van der Waals surface area contributed by atoms with Crippen molar-refractivity contribution in [2.24, 2.45) is 0 Å². The van der Waals surface area contributed by atoms with E-state index in [1.54, 1.807) is 77.9 Å². The zero-order valence-electron chi connectivity index (χ0n) is 48.3. The molecule has 9 rings (SSSR count). The molecule has 1 aliphatic heterocycles. The smallest absolute Gasteiger partial charge is 0.480 e. The molecule has 89 heavy (non-hydrogen) atoms. The number of nitrogen functional groups attached to an aromatic ring is 1. The Bertz CT molecular complexity index is 3880. The molecule has 23 nitrogen and oxygen atoms in total. The molecule has 460 valence electrons. The van der Waals surface area contributed by atoms with E-state index in [2.05, 4.69) is 62.9 Å². The van der Waals surface area contributed by atoms with Crippen LogP contribution in [0, 0.1) is 25.2 Å². The number of nitrogens with one attached hydrogen (secondary N) is 5. The number of carboxylic acid groups (broad SMARTS) is 2. The van der Waals surface area contributed by atoms with Crippen molar-refractivity contribution >= 4 is 58.6 Å². The van der Waals surface area contributed by atoms with Gasteiger partial charge >= 0.3 is 18.1 Å². The van der Waals surface area contributed by atoms with Crippen LogP contribution in [0.4, 0.5) is 30.5 Å². The summed E-state index contributed by atoms with van der Waals surface area (Å²) in [4.78, 5) is 84.2. The Labute approximate surface area is 514 Å². The molecule has 0 radical (unpaired) electrons. The second-order valence-corrected chi connectivity index (χ2v) is 21.0. The molecule has 8 aromatic rings. The summed E-state index contributed by atoms with van der Waals surface area (Å²) in [6.45, 7) is 7.88. The number of carbonyl (C=O) groups excluding carboxylic acids is 3. The highest BCUT2D eigenvalue weighted by atomic mass is 35.5. The number of anilines is 3. The van der Waals surface area contributed by atoms with Gasteiger partial charge in [-0.1, -0.05) is 77.8 Å². The standard InChI is InChI=1S/C60H61ClN16O5.C2HF3O2/c1-37-41(29-62)10-5-14-45(37)51-28-52(73-60(63)72-51)53-36-77(75-74-53)35-43-12-6-11-42(69-43)33-64-24-9-19-55(78)66-26-25-65-30-39-20-22-49(67-31-39)57(79)70-47-16-7-13-44(38(47)2)46-15-8-17-48(56(46)61)71-58(80)50-23-21-40(32-68-50)34-76-27-4-3-18-54(76)59(81)82;3-2(4,5)1(6)7/h5-8,10-17,20-23,28,31-32,36,54,64-65H,3-4,9,18-19,24-27,30,33-35H2,1-2H3,(H,66,78)(H,70,79)(H,71,80)(H,81,82)(H2,63,72,73);(H,6,7)/t54-;/m0./s1. The minimum atomic E-state index is -5.08. The first-order valence-corrected chi connectivity index (χ1v) is 28.5. The lowest BCUT2D eigenvalue weighted by Gasteiger charge is -2.32. The van der Waals surface area contributed by atoms with Gasteiger partial charge in [0, 0.05) is 68.4 Å². The fraction of sp³-hybridized carbons (Fsp3) is 0.274. The Hall–Kier alpha value is -10.1. The minimum Gasteiger partial charge on any atom is -0.480 e. The maximum Gasteiger partial charge on any atom is 0.490 e. The second kappa shape index (κ2) is 30.5. The molecule has 0 bridgehead atoms. The summed E-state index contributed by atoms with van der Waals surface area (Å²) in [7, 11) is 0. The van der Waals surface area contributed by atoms with Gasteiger partial charge in [0.05, 0.1) is 57.9 Å². The monoisotopic (exact) mass is 1230 g/mol. The summed E-state index contributed by atoms with van der Waals surface area (Å²) in [5, 5.41) is 50.6. The zero-order valence-corrected chi connectivity index (χ0v) is 49.1. The van der Waals surface area contributed by atoms with E-state index in [0.717, 1.165) is 57.6 Å². The molecule has 1 aliphatic rings. The molecule has 27 heteroatoms. The van der Waals surface area contributed by atoms with Crippen molar-refractivity contribution < 1.29 is 47.4 Å². The highest BCUT2D eigenvalue weighted by Gasteiger charge is 2.38. The highest BCUT2D eigenvalue weighted by molar-refractivity contribution is 6.36. The molecule has 0 unspecified atom stereocenters. The molecule has 5 aromatic heterocycles. The summed E-state index contributed by atoms with van der Waals surface area (Å²) in [5.74, 6) is -4.38. The lowest BCUT2D eigenvalue weighted by molar-refractivity contribution is -0.192. The van der Waals surface area contributed by atoms with Crippen LogP contribution in [-0.4, -0.2) is 123 Å². The molecule has 1 fully saturated rings. The number of carboxylic acids is 2. The maximum atomic E-state index is 13.4. The number of carbonyl (C=O) groups is 5. The van der Waals surface area contributed by atoms with E-state index in [1.807, 2.05) is 67.3 Å². The number of rotatable bonds is 23. The van der Waals surface area contributed by atoms with Crippen LogP contribution in [0.5, 0.6) is 0 Å². The number of halogens is 4. The number of nitrogens with zero attached hydrogens (tertiary/aromatic N) is 10. The van der Waals surface area contributed by atoms with Gasteiger partial charge in [0.25, 0.3) is 11.8 Å². The average Bonchev–Trinajstić information content (AvgIpc) is 1.93. The number of alkyl halides is 3. The third kappa shape index (κ3) is 18.0. The van der Waals surface area contributed by atoms with E-state index in [0.29, 0.717) is 116 Å². The van der Waals surface area contributed by atoms with Gasteiger partial charge in [-0.2, -0.15) is 18.4 Å². The number of likely N-dealkylation sites (tertiary alicyclic amines) is 1. The molecular formula is C62H62ClF3N16O7. The van der Waals surface area contributed by atoms with Crippen LogP contribution in [0.15, 0.2) is 122 Å². The first-order chi connectivity index (χ1) is 42.7. The number of pyridine rings is 3. The van der Waals surface area contributed by atoms with Crippen molar-refractivity contribution in [1.82, 2.24) is 60.8 Å². The summed E-state index contributed by atoms with van der Waals surface area (Å²) in [6.07, 6.45) is 3.37. The van der Waals surface area contributed by atoms with Crippen LogP contribution >= 0.6 is 11.6 Å². The normalized spacial score (nSPS) is 13.1. The number of nitriles is 1. The Balaban J connectivity index is 0.00000138. The SMILES string of the molecule is Cc1c(C#N)cccc1-c1cc(-c2cn(Cc3cccc(CNCCCC(=O)NCCNCc4ccc(C(=O)Nc5cccc(-c6cccc(NC(=O)c7ccc(CN8CCCC[C@H]8C(=O)O)cn7)c6Cl)c5C)nc4)n3)nn2)nc(N)n1.O=C(O)C(F)(F)F. The van der Waals surface area contributed by atoms with Gasteiger partial charge in [0.1, 0.15) is 23.1 Å². The number of amides is 3. The van der Waals surface area contributed by atoms with Gasteiger partial charge in [-0.15, -0.1) is 5.10 Å². The van der Waals surface area contributed by atoms with Crippen molar-refractivity contribution in [2.45, 2.75) is 84.3 Å². The molecule has 3 amide bonds. The van der Waals surface area contributed by atoms with Crippen LogP contribution in [0.2, 0.25) is 5.02 Å². The number of aromatic nitrogens is 8. The van der Waals surface area contributed by atoms with E-state index < -0.39 is 30.1 Å². The third-order valence-corrected chi connectivity index (χ3v) is 14.6. The average molecular weight is 1240 g/mol. The molecule has 0 aliphatic carbocycles. The molecule has 1 atom stereocenters. The largest absolute Gasteiger partial charge is 0.490 e. The number of hydrogen-bond donors (Lipinski definition) is 8. The molecule has 1 saturated heterocycles. The third-order valence-electron chi connectivity index (χ3n) is 14.2. The maximum absolute atomic E-state index is 13.4. The number of nitrogens with two attached hydrogens (primary N) is 1. The van der Waals surface area contributed by atoms with Crippen molar-refractivity contribution in [1.29, 1.82) is 5.26 Å². The van der Waals surface area contributed by atoms with Crippen LogP contribution < -0.4 is 32.3 Å². The van der Waals surface area contributed by atoms with E-state index >= 15 is 0 Å². The van der Waals surface area contributed by atoms with Crippen molar-refractivity contribution in [2.75, 3.05) is 42.5 Å². The van der Waals surface area contributed by atoms with Crippen molar-refractivity contribution in [3.8, 4) is 39.8 Å². The Kier molecular flexibility index (Phi) is 22.3. The van der Waals surface area contributed by atoms with Crippen LogP contribution in [0.1, 0.15) is 92.3 Å². The Morgan fingerprint density at radius 1 is 0.719 bits per heavy atom. The van der Waals surface area contributed by atoms with E-state index in [9.17, 15) is 42.7 Å². The lowest BCUT2D eigenvalue weighted by Crippen LogP contribution is -2.44. The lowest BCUT2D eigenvalue weighted by atomic mass is 9.98. The predicted octanol–water partition coefficient (Wildman–Crippen LogP) is 8.38. The summed E-state index contributed by atoms with van der Waals surface area (Å²) >= 11 is 6.93. The highest BCUT2D eigenvalue weighted by Crippen LogP contribution is 2.38. The van der Waals surface area contributed by atoms with Gasteiger partial charge in [-0.25, -0.2) is 19.4 Å². The molecule has 3 aromatic carbocycles. The summed E-state index contributed by atoms with van der Waals surface area (Å²) in [5.41, 5.74) is 16.7. The minimum absolute atomic E-state index is 0.0426. The van der Waals surface area contributed by atoms with Gasteiger partial charge in [-0.05, 0) is 123 Å². The zero-order chi connectivity index (χ0) is 63.6. The van der Waals surface area contributed by atoms with Gasteiger partial charge in [-0.3, -0.25) is 39.0 Å².